The van der Waals surface area contributed by atoms with E-state index in [0.29, 0.717) is 11.4 Å². The number of benzene rings is 1. The summed E-state index contributed by atoms with van der Waals surface area (Å²) in [6.07, 6.45) is 0.0799. The lowest BCUT2D eigenvalue weighted by Gasteiger charge is -2.16. The predicted octanol–water partition coefficient (Wildman–Crippen LogP) is 0.424. The van der Waals surface area contributed by atoms with E-state index in [4.69, 9.17) is 9.47 Å². The van der Waals surface area contributed by atoms with Crippen molar-refractivity contribution in [3.8, 4) is 5.75 Å². The normalized spacial score (nSPS) is 11.5. The molecule has 0 unspecified atom stereocenters. The third-order valence-corrected chi connectivity index (χ3v) is 3.49. The molecule has 0 bridgehead atoms. The van der Waals surface area contributed by atoms with Crippen molar-refractivity contribution in [1.82, 2.24) is 9.55 Å². The van der Waals surface area contributed by atoms with Crippen LogP contribution in [0.5, 0.6) is 5.75 Å². The third-order valence-electron chi connectivity index (χ3n) is 3.49. The monoisotopic (exact) mass is 361 g/mol. The van der Waals surface area contributed by atoms with Crippen molar-refractivity contribution in [2.75, 3.05) is 12.4 Å². The van der Waals surface area contributed by atoms with Gasteiger partial charge in [0, 0.05) is 12.3 Å². The number of carbonyl (C=O) groups is 2. The van der Waals surface area contributed by atoms with Gasteiger partial charge in [-0.15, -0.1) is 0 Å². The van der Waals surface area contributed by atoms with Crippen molar-refractivity contribution in [3.63, 3.8) is 0 Å². The molecule has 1 atom stereocenters. The van der Waals surface area contributed by atoms with Crippen LogP contribution in [-0.2, 0) is 20.9 Å². The highest BCUT2D eigenvalue weighted by molar-refractivity contribution is 5.96. The van der Waals surface area contributed by atoms with Crippen molar-refractivity contribution in [1.29, 1.82) is 0 Å². The zero-order valence-corrected chi connectivity index (χ0v) is 14.6. The second-order valence-corrected chi connectivity index (χ2v) is 5.56. The molecule has 9 heteroatoms. The van der Waals surface area contributed by atoms with E-state index in [1.54, 1.807) is 12.1 Å². The van der Waals surface area contributed by atoms with Gasteiger partial charge in [0.25, 0.3) is 11.5 Å². The van der Waals surface area contributed by atoms with Crippen LogP contribution in [0.2, 0.25) is 0 Å². The first-order chi connectivity index (χ1) is 12.3. The molecule has 26 heavy (non-hydrogen) atoms. The van der Waals surface area contributed by atoms with Crippen molar-refractivity contribution in [2.45, 2.75) is 26.5 Å². The van der Waals surface area contributed by atoms with Gasteiger partial charge in [0.05, 0.1) is 12.8 Å². The van der Waals surface area contributed by atoms with Crippen LogP contribution in [0, 0.1) is 6.92 Å². The average molecular weight is 361 g/mol. The summed E-state index contributed by atoms with van der Waals surface area (Å²) in [6.45, 7) is 2.84. The first-order valence-corrected chi connectivity index (χ1v) is 7.75. The van der Waals surface area contributed by atoms with E-state index >= 15 is 0 Å². The molecule has 138 valence electrons. The predicted molar refractivity (Wildman–Crippen MR) is 93.2 cm³/mol. The highest BCUT2D eigenvalue weighted by atomic mass is 16.5. The lowest BCUT2D eigenvalue weighted by molar-refractivity contribution is -0.153. The van der Waals surface area contributed by atoms with Gasteiger partial charge in [-0.05, 0) is 31.5 Å². The number of anilines is 1. The molecule has 1 aromatic heterocycles. The summed E-state index contributed by atoms with van der Waals surface area (Å²) in [6, 6.07) is 6.38. The fourth-order valence-corrected chi connectivity index (χ4v) is 2.15. The molecular formula is C17H19N3O6. The zero-order valence-electron chi connectivity index (χ0n) is 14.6. The van der Waals surface area contributed by atoms with Crippen LogP contribution in [0.15, 0.2) is 40.1 Å². The number of hydrogen-bond acceptors (Lipinski definition) is 6. The summed E-state index contributed by atoms with van der Waals surface area (Å²) < 4.78 is 11.2. The Labute approximate surface area is 148 Å². The van der Waals surface area contributed by atoms with Gasteiger partial charge in [-0.25, -0.2) is 4.79 Å². The Morgan fingerprint density at radius 2 is 2.00 bits per heavy atom. The maximum Gasteiger partial charge on any atom is 0.328 e. The molecule has 0 radical (unpaired) electrons. The molecule has 0 spiro atoms. The number of aromatic amines is 1. The van der Waals surface area contributed by atoms with Crippen LogP contribution in [0.1, 0.15) is 12.5 Å². The Bertz CT molecular complexity index is 931. The SMILES string of the molecule is COc1ccc(C)cc1NC(=O)[C@H](C)OC(=O)Cn1ccc(=O)[nH]c1=O. The van der Waals surface area contributed by atoms with E-state index in [2.05, 4.69) is 5.32 Å². The van der Waals surface area contributed by atoms with Crippen molar-refractivity contribution in [2.24, 2.45) is 0 Å². The molecule has 1 heterocycles. The minimum Gasteiger partial charge on any atom is -0.495 e. The van der Waals surface area contributed by atoms with E-state index in [1.807, 2.05) is 18.0 Å². The van der Waals surface area contributed by atoms with Crippen molar-refractivity contribution >= 4 is 17.6 Å². The molecule has 2 rings (SSSR count). The van der Waals surface area contributed by atoms with Crippen molar-refractivity contribution in [3.05, 3.63) is 56.9 Å². The Morgan fingerprint density at radius 1 is 1.27 bits per heavy atom. The Morgan fingerprint density at radius 3 is 2.65 bits per heavy atom. The number of H-pyrrole nitrogens is 1. The molecule has 2 N–H and O–H groups in total. The highest BCUT2D eigenvalue weighted by Gasteiger charge is 2.19. The number of nitrogens with one attached hydrogen (secondary N) is 2. The van der Waals surface area contributed by atoms with E-state index in [1.165, 1.54) is 20.2 Å². The third kappa shape index (κ3) is 4.82. The Hall–Kier alpha value is -3.36. The molecule has 1 amide bonds. The number of rotatable bonds is 6. The number of ether oxygens (including phenoxy) is 2. The number of hydrogen-bond donors (Lipinski definition) is 2. The molecule has 0 aliphatic carbocycles. The Balaban J connectivity index is 2.00. The largest absolute Gasteiger partial charge is 0.495 e. The Kier molecular flexibility index (Phi) is 5.94. The summed E-state index contributed by atoms with van der Waals surface area (Å²) >= 11 is 0. The fourth-order valence-electron chi connectivity index (χ4n) is 2.15. The number of aryl methyl sites for hydroxylation is 1. The van der Waals surface area contributed by atoms with Crippen LogP contribution in [0.25, 0.3) is 0 Å². The van der Waals surface area contributed by atoms with Gasteiger partial charge >= 0.3 is 11.7 Å². The number of amides is 1. The van der Waals surface area contributed by atoms with Gasteiger partial charge in [0.2, 0.25) is 0 Å². The standard InChI is InChI=1S/C17H19N3O6/c1-10-4-5-13(25-3)12(8-10)18-16(23)11(2)26-15(22)9-20-7-6-14(21)19-17(20)24/h4-8,11H,9H2,1-3H3,(H,18,23)(H,19,21,24)/t11-/m0/s1. The van der Waals surface area contributed by atoms with E-state index in [0.717, 1.165) is 16.2 Å². The maximum atomic E-state index is 12.2. The first-order valence-electron chi connectivity index (χ1n) is 7.75. The molecule has 9 nitrogen and oxygen atoms in total. The molecular weight excluding hydrogens is 342 g/mol. The molecule has 0 aliphatic heterocycles. The maximum absolute atomic E-state index is 12.2. The van der Waals surface area contributed by atoms with Crippen LogP contribution < -0.4 is 21.3 Å². The van der Waals surface area contributed by atoms with E-state index < -0.39 is 35.8 Å². The van der Waals surface area contributed by atoms with Crippen molar-refractivity contribution < 1.29 is 19.1 Å². The van der Waals surface area contributed by atoms with E-state index in [-0.39, 0.29) is 0 Å². The van der Waals surface area contributed by atoms with Gasteiger partial charge in [-0.2, -0.15) is 0 Å². The van der Waals surface area contributed by atoms with Gasteiger partial charge in [-0.1, -0.05) is 6.07 Å². The number of aromatic nitrogens is 2. The molecule has 0 fully saturated rings. The summed E-state index contributed by atoms with van der Waals surface area (Å²) in [7, 11) is 1.48. The minimum atomic E-state index is -1.09. The summed E-state index contributed by atoms with van der Waals surface area (Å²) in [5.74, 6) is -0.864. The number of methoxy groups -OCH3 is 1. The number of nitrogens with zero attached hydrogens (tertiary/aromatic N) is 1. The van der Waals surface area contributed by atoms with Gasteiger partial charge in [0.15, 0.2) is 6.10 Å². The smallest absolute Gasteiger partial charge is 0.328 e. The molecule has 0 saturated heterocycles. The number of esters is 1. The fraction of sp³-hybridized carbons (Fsp3) is 0.294. The molecule has 1 aromatic carbocycles. The average Bonchev–Trinajstić information content (AvgIpc) is 2.57. The lowest BCUT2D eigenvalue weighted by Crippen LogP contribution is -2.35. The first kappa shape index (κ1) is 19.0. The van der Waals surface area contributed by atoms with Crippen LogP contribution >= 0.6 is 0 Å². The number of carbonyl (C=O) groups excluding carboxylic acids is 2. The summed E-state index contributed by atoms with van der Waals surface area (Å²) in [4.78, 5) is 48.7. The topological polar surface area (TPSA) is 119 Å². The van der Waals surface area contributed by atoms with Crippen LogP contribution in [0.4, 0.5) is 5.69 Å². The van der Waals surface area contributed by atoms with Gasteiger partial charge in [-0.3, -0.25) is 23.9 Å². The zero-order chi connectivity index (χ0) is 19.3. The second kappa shape index (κ2) is 8.15. The minimum absolute atomic E-state index is 0.430. The van der Waals surface area contributed by atoms with Crippen LogP contribution in [-0.4, -0.2) is 34.6 Å². The quantitative estimate of drug-likeness (QED) is 0.720. The van der Waals surface area contributed by atoms with Gasteiger partial charge < -0.3 is 14.8 Å². The van der Waals surface area contributed by atoms with Crippen LogP contribution in [0.3, 0.4) is 0 Å². The summed E-state index contributed by atoms with van der Waals surface area (Å²) in [5.41, 5.74) is 0.0657. The molecule has 2 aromatic rings. The highest BCUT2D eigenvalue weighted by Crippen LogP contribution is 2.25. The van der Waals surface area contributed by atoms with E-state index in [9.17, 15) is 19.2 Å². The van der Waals surface area contributed by atoms with Gasteiger partial charge in [0.1, 0.15) is 12.3 Å². The molecule has 0 aliphatic rings. The molecule has 0 saturated carbocycles. The second-order valence-electron chi connectivity index (χ2n) is 5.56. The summed E-state index contributed by atoms with van der Waals surface area (Å²) in [5, 5.41) is 2.63. The lowest BCUT2D eigenvalue weighted by atomic mass is 10.2.